The number of aliphatic hydroxyl groups excluding tert-OH is 1. The summed E-state index contributed by atoms with van der Waals surface area (Å²) in [5.41, 5.74) is 12.5. The van der Waals surface area contributed by atoms with Crippen LogP contribution in [0.4, 0.5) is 0 Å². The summed E-state index contributed by atoms with van der Waals surface area (Å²) in [6.07, 6.45) is -1.04. The number of aliphatic hydroxyl groups is 1. The minimum atomic E-state index is -1.84. The fraction of sp³-hybridized carbons (Fsp3) is 0.513. The Morgan fingerprint density at radius 3 is 1.94 bits per heavy atom. The van der Waals surface area contributed by atoms with E-state index in [1.165, 1.54) is 4.90 Å². The van der Waals surface area contributed by atoms with Crippen LogP contribution in [0.2, 0.25) is 0 Å². The van der Waals surface area contributed by atoms with Gasteiger partial charge in [0.25, 0.3) is 5.91 Å². The van der Waals surface area contributed by atoms with Gasteiger partial charge in [0.2, 0.25) is 35.4 Å². The zero-order valence-corrected chi connectivity index (χ0v) is 31.5. The molecule has 0 aliphatic carbocycles. The van der Waals surface area contributed by atoms with E-state index in [1.54, 1.807) is 44.2 Å². The van der Waals surface area contributed by atoms with Crippen molar-refractivity contribution in [2.45, 2.75) is 109 Å². The summed E-state index contributed by atoms with van der Waals surface area (Å²) >= 11 is 0. The number of carbonyl (C=O) groups is 7. The number of rotatable bonds is 20. The molecule has 1 aliphatic heterocycles. The van der Waals surface area contributed by atoms with E-state index in [0.29, 0.717) is 18.4 Å². The first-order valence-corrected chi connectivity index (χ1v) is 18.4. The molecule has 6 atom stereocenters. The molecule has 1 aliphatic rings. The maximum Gasteiger partial charge on any atom is 0.254 e. The molecule has 2 aromatic rings. The minimum absolute atomic E-state index is 0.0110. The molecular weight excluding hydrogens is 694 g/mol. The number of nitrogens with zero attached hydrogens (tertiary/aromatic N) is 1. The molecule has 0 saturated carbocycles. The summed E-state index contributed by atoms with van der Waals surface area (Å²) in [6.45, 7) is 7.32. The van der Waals surface area contributed by atoms with E-state index in [4.69, 9.17) is 11.5 Å². The van der Waals surface area contributed by atoms with Gasteiger partial charge in [-0.25, -0.2) is 0 Å². The molecule has 1 saturated heterocycles. The predicted octanol–water partition coefficient (Wildman–Crippen LogP) is 0.216. The van der Waals surface area contributed by atoms with Gasteiger partial charge >= 0.3 is 0 Å². The van der Waals surface area contributed by atoms with E-state index in [0.717, 1.165) is 5.56 Å². The Morgan fingerprint density at radius 1 is 0.796 bits per heavy atom. The fourth-order valence-electron chi connectivity index (χ4n) is 6.41. The summed E-state index contributed by atoms with van der Waals surface area (Å²) in [7, 11) is 0. The first-order chi connectivity index (χ1) is 25.6. The van der Waals surface area contributed by atoms with Crippen molar-refractivity contribution in [1.82, 2.24) is 26.2 Å². The molecule has 7 amide bonds. The summed E-state index contributed by atoms with van der Waals surface area (Å²) < 4.78 is 0. The fourth-order valence-corrected chi connectivity index (χ4v) is 6.41. The second-order valence-electron chi connectivity index (χ2n) is 14.5. The number of carbonyl (C=O) groups excluding carboxylic acids is 7. The Balaban J connectivity index is 1.79. The third kappa shape index (κ3) is 13.3. The van der Waals surface area contributed by atoms with E-state index in [9.17, 15) is 38.7 Å². The van der Waals surface area contributed by atoms with Crippen molar-refractivity contribution in [1.29, 1.82) is 0 Å². The zero-order valence-electron chi connectivity index (χ0n) is 31.5. The number of benzene rings is 2. The van der Waals surface area contributed by atoms with E-state index in [-0.39, 0.29) is 44.1 Å². The maximum atomic E-state index is 14.0. The number of primary amides is 2. The third-order valence-corrected chi connectivity index (χ3v) is 9.25. The largest absolute Gasteiger partial charge is 0.381 e. The molecular formula is C39H55N7O8. The van der Waals surface area contributed by atoms with E-state index >= 15 is 0 Å². The van der Waals surface area contributed by atoms with Crippen LogP contribution in [-0.4, -0.2) is 94.2 Å². The molecule has 0 aromatic heterocycles. The smallest absolute Gasteiger partial charge is 0.254 e. The standard InChI is InChI=1S/C39H55N7O8/c1-23(2)20-28(37(52)45-33(24(3)4)35(41)50)44-38(53)30-16-11-19-46(30)39(54)34(49)27(21-26-14-9-6-10-15-26)43-36(51)29(22-31(40)47)42-32(48)18-17-25-12-7-5-8-13-25/h5-10,12-15,23-24,27-30,33-34,49H,11,16-22H2,1-4H3,(H2,40,47)(H2,41,50)(H,42,48)(H,43,51)(H,44,53)(H,45,52)/t27-,28-,29-,30-,33-,34-/m0/s1. The van der Waals surface area contributed by atoms with Crippen LogP contribution < -0.4 is 32.7 Å². The lowest BCUT2D eigenvalue weighted by Crippen LogP contribution is -2.60. The molecule has 3 rings (SSSR count). The molecule has 54 heavy (non-hydrogen) atoms. The number of nitrogens with two attached hydrogens (primary N) is 2. The van der Waals surface area contributed by atoms with Crippen LogP contribution >= 0.6 is 0 Å². The van der Waals surface area contributed by atoms with Crippen molar-refractivity contribution < 1.29 is 38.7 Å². The molecule has 294 valence electrons. The van der Waals surface area contributed by atoms with Crippen molar-refractivity contribution in [3.63, 3.8) is 0 Å². The quantitative estimate of drug-likeness (QED) is 0.0985. The first-order valence-electron chi connectivity index (χ1n) is 18.4. The van der Waals surface area contributed by atoms with Gasteiger partial charge in [0.1, 0.15) is 24.2 Å². The van der Waals surface area contributed by atoms with Crippen LogP contribution in [0.3, 0.4) is 0 Å². The Hall–Kier alpha value is -5.31. The van der Waals surface area contributed by atoms with Gasteiger partial charge in [0.15, 0.2) is 6.10 Å². The number of likely N-dealkylation sites (tertiary alicyclic amines) is 1. The van der Waals surface area contributed by atoms with Crippen LogP contribution in [0.15, 0.2) is 60.7 Å². The number of nitrogens with one attached hydrogen (secondary N) is 4. The Morgan fingerprint density at radius 2 is 1.39 bits per heavy atom. The second kappa shape index (κ2) is 20.8. The second-order valence-corrected chi connectivity index (χ2v) is 14.5. The van der Waals surface area contributed by atoms with Crippen LogP contribution in [0.1, 0.15) is 70.9 Å². The van der Waals surface area contributed by atoms with Crippen LogP contribution in [-0.2, 0) is 46.4 Å². The van der Waals surface area contributed by atoms with Crippen LogP contribution in [0.5, 0.6) is 0 Å². The number of hydrogen-bond donors (Lipinski definition) is 7. The van der Waals surface area contributed by atoms with Gasteiger partial charge < -0.3 is 42.7 Å². The molecule has 2 aromatic carbocycles. The zero-order chi connectivity index (χ0) is 39.9. The number of amides is 7. The van der Waals surface area contributed by atoms with Crippen molar-refractivity contribution >= 4 is 41.4 Å². The van der Waals surface area contributed by atoms with Crippen molar-refractivity contribution in [2.24, 2.45) is 23.3 Å². The maximum absolute atomic E-state index is 14.0. The monoisotopic (exact) mass is 749 g/mol. The lowest BCUT2D eigenvalue weighted by Gasteiger charge is -2.32. The van der Waals surface area contributed by atoms with Gasteiger partial charge in [-0.1, -0.05) is 88.4 Å². The highest BCUT2D eigenvalue weighted by Crippen LogP contribution is 2.21. The normalized spacial score (nSPS) is 16.8. The molecule has 0 bridgehead atoms. The van der Waals surface area contributed by atoms with Gasteiger partial charge in [-0.2, -0.15) is 0 Å². The summed E-state index contributed by atoms with van der Waals surface area (Å²) in [6, 6.07) is 12.4. The molecule has 0 spiro atoms. The van der Waals surface area contributed by atoms with Gasteiger partial charge in [-0.3, -0.25) is 33.6 Å². The van der Waals surface area contributed by atoms with Crippen molar-refractivity contribution in [3.05, 3.63) is 71.8 Å². The van der Waals surface area contributed by atoms with E-state index < -0.39 is 84.1 Å². The van der Waals surface area contributed by atoms with Crippen molar-refractivity contribution in [3.8, 4) is 0 Å². The minimum Gasteiger partial charge on any atom is -0.381 e. The van der Waals surface area contributed by atoms with Crippen LogP contribution in [0.25, 0.3) is 0 Å². The van der Waals surface area contributed by atoms with Gasteiger partial charge in [0, 0.05) is 13.0 Å². The lowest BCUT2D eigenvalue weighted by atomic mass is 9.98. The average Bonchev–Trinajstić information content (AvgIpc) is 3.62. The first kappa shape index (κ1) is 43.1. The highest BCUT2D eigenvalue weighted by atomic mass is 16.3. The van der Waals surface area contributed by atoms with Crippen molar-refractivity contribution in [2.75, 3.05) is 6.54 Å². The Bertz CT molecular complexity index is 1600. The summed E-state index contributed by atoms with van der Waals surface area (Å²) in [5, 5.41) is 22.1. The molecule has 9 N–H and O–H groups in total. The third-order valence-electron chi connectivity index (χ3n) is 9.25. The van der Waals surface area contributed by atoms with Gasteiger partial charge in [-0.15, -0.1) is 0 Å². The number of hydrogen-bond acceptors (Lipinski definition) is 8. The molecule has 1 fully saturated rings. The molecule has 15 heteroatoms. The average molecular weight is 750 g/mol. The van der Waals surface area contributed by atoms with Gasteiger partial charge in [-0.05, 0) is 55.1 Å². The van der Waals surface area contributed by atoms with Gasteiger partial charge in [0.05, 0.1) is 12.5 Å². The molecule has 15 nitrogen and oxygen atoms in total. The van der Waals surface area contributed by atoms with E-state index in [1.807, 2.05) is 44.2 Å². The highest BCUT2D eigenvalue weighted by molar-refractivity contribution is 5.96. The predicted molar refractivity (Wildman–Crippen MR) is 201 cm³/mol. The van der Waals surface area contributed by atoms with E-state index in [2.05, 4.69) is 21.3 Å². The highest BCUT2D eigenvalue weighted by Gasteiger charge is 2.41. The molecule has 0 radical (unpaired) electrons. The topological polar surface area (TPSA) is 243 Å². The molecule has 0 unspecified atom stereocenters. The summed E-state index contributed by atoms with van der Waals surface area (Å²) in [4.78, 5) is 92.6. The molecule has 1 heterocycles. The number of aryl methyl sites for hydroxylation is 1. The Kier molecular flexibility index (Phi) is 16.6. The SMILES string of the molecule is CC(C)C[C@H](NC(=O)[C@@H]1CCCN1C(=O)[C@@H](O)[C@H](Cc1ccccc1)NC(=O)[C@H](CC(N)=O)NC(=O)CCc1ccccc1)C(=O)N[C@H](C(N)=O)C(C)C. The summed E-state index contributed by atoms with van der Waals surface area (Å²) in [5.74, 6) is -5.23. The Labute approximate surface area is 316 Å². The van der Waals surface area contributed by atoms with Crippen LogP contribution in [0, 0.1) is 11.8 Å². The lowest BCUT2D eigenvalue weighted by molar-refractivity contribution is -0.147.